The number of aromatic amines is 1. The molecular weight excluding hydrogens is 200 g/mol. The van der Waals surface area contributed by atoms with E-state index in [-0.39, 0.29) is 5.78 Å². The number of fused-ring (bicyclic) bond motifs is 1. The van der Waals surface area contributed by atoms with E-state index in [0.29, 0.717) is 13.0 Å². The number of H-pyrrole nitrogens is 1. The first-order chi connectivity index (χ1) is 7.65. The smallest absolute Gasteiger partial charge is 0.166 e. The maximum atomic E-state index is 11.9. The second kappa shape index (κ2) is 4.10. The largest absolute Gasteiger partial charge is 0.361 e. The molecular formula is C13H16N2O. The highest BCUT2D eigenvalue weighted by atomic mass is 16.1. The second-order valence-corrected chi connectivity index (χ2v) is 4.09. The van der Waals surface area contributed by atoms with Crippen molar-refractivity contribution in [3.05, 3.63) is 35.0 Å². The minimum Gasteiger partial charge on any atom is -0.361 e. The van der Waals surface area contributed by atoms with Gasteiger partial charge in [0, 0.05) is 23.6 Å². The van der Waals surface area contributed by atoms with E-state index in [1.54, 1.807) is 0 Å². The Bertz CT molecular complexity index is 540. The zero-order valence-corrected chi connectivity index (χ0v) is 9.63. The lowest BCUT2D eigenvalue weighted by atomic mass is 9.98. The van der Waals surface area contributed by atoms with Crippen LogP contribution in [0.2, 0.25) is 0 Å². The van der Waals surface area contributed by atoms with Gasteiger partial charge >= 0.3 is 0 Å². The molecule has 0 spiro atoms. The molecule has 16 heavy (non-hydrogen) atoms. The fourth-order valence-electron chi connectivity index (χ4n) is 2.00. The molecule has 3 N–H and O–H groups in total. The van der Waals surface area contributed by atoms with Crippen LogP contribution in [0.3, 0.4) is 0 Å². The van der Waals surface area contributed by atoms with E-state index in [1.165, 1.54) is 5.56 Å². The van der Waals surface area contributed by atoms with Crippen molar-refractivity contribution >= 4 is 16.7 Å². The van der Waals surface area contributed by atoms with Crippen LogP contribution in [0, 0.1) is 13.8 Å². The Morgan fingerprint density at radius 2 is 2.19 bits per heavy atom. The van der Waals surface area contributed by atoms with Crippen LogP contribution in [0.5, 0.6) is 0 Å². The lowest BCUT2D eigenvalue weighted by Gasteiger charge is -2.07. The van der Waals surface area contributed by atoms with E-state index in [2.05, 4.69) is 11.9 Å². The van der Waals surface area contributed by atoms with Crippen LogP contribution in [-0.4, -0.2) is 17.3 Å². The number of aromatic nitrogens is 1. The number of carbonyl (C=O) groups is 1. The molecule has 0 radical (unpaired) electrons. The lowest BCUT2D eigenvalue weighted by molar-refractivity contribution is 0.0987. The summed E-state index contributed by atoms with van der Waals surface area (Å²) in [6.45, 7) is 4.50. The predicted octanol–water partition coefficient (Wildman–Crippen LogP) is 2.32. The first kappa shape index (κ1) is 10.9. The SMILES string of the molecule is Cc1cc(C(=O)CCN)c2[nH]ccc2c1C. The van der Waals surface area contributed by atoms with Crippen LogP contribution in [0.25, 0.3) is 10.9 Å². The summed E-state index contributed by atoms with van der Waals surface area (Å²) >= 11 is 0. The summed E-state index contributed by atoms with van der Waals surface area (Å²) in [5, 5.41) is 1.13. The Kier molecular flexibility index (Phi) is 2.79. The normalized spacial score (nSPS) is 10.9. The van der Waals surface area contributed by atoms with Gasteiger partial charge in [0.15, 0.2) is 5.78 Å². The molecule has 0 aliphatic carbocycles. The number of hydrogen-bond donors (Lipinski definition) is 2. The molecule has 0 saturated heterocycles. The quantitative estimate of drug-likeness (QED) is 0.773. The summed E-state index contributed by atoms with van der Waals surface area (Å²) in [5.74, 6) is 0.109. The third kappa shape index (κ3) is 1.63. The zero-order valence-electron chi connectivity index (χ0n) is 9.63. The summed E-state index contributed by atoms with van der Waals surface area (Å²) in [6, 6.07) is 3.96. The van der Waals surface area contributed by atoms with Gasteiger partial charge in [-0.1, -0.05) is 0 Å². The molecule has 0 saturated carbocycles. The summed E-state index contributed by atoms with van der Waals surface area (Å²) in [4.78, 5) is 15.1. The maximum absolute atomic E-state index is 11.9. The molecule has 0 fully saturated rings. The number of carbonyl (C=O) groups excluding carboxylic acids is 1. The number of Topliss-reactive ketones (excluding diaryl/α,β-unsaturated/α-hetero) is 1. The van der Waals surface area contributed by atoms with Crippen LogP contribution in [0.4, 0.5) is 0 Å². The predicted molar refractivity (Wildman–Crippen MR) is 65.8 cm³/mol. The Morgan fingerprint density at radius 1 is 1.44 bits per heavy atom. The Labute approximate surface area is 94.6 Å². The molecule has 3 heteroatoms. The highest BCUT2D eigenvalue weighted by Gasteiger charge is 2.13. The Hall–Kier alpha value is -1.61. The molecule has 0 bridgehead atoms. The van der Waals surface area contributed by atoms with E-state index in [4.69, 9.17) is 5.73 Å². The van der Waals surface area contributed by atoms with Crippen molar-refractivity contribution in [1.82, 2.24) is 4.98 Å². The van der Waals surface area contributed by atoms with Crippen molar-refractivity contribution in [2.45, 2.75) is 20.3 Å². The standard InChI is InChI=1S/C13H16N2O/c1-8-7-11(12(16)3-5-14)13-10(9(8)2)4-6-15-13/h4,6-7,15H,3,5,14H2,1-2H3. The highest BCUT2D eigenvalue weighted by molar-refractivity contribution is 6.08. The summed E-state index contributed by atoms with van der Waals surface area (Å²) in [5.41, 5.74) is 9.48. The monoisotopic (exact) mass is 216 g/mol. The van der Waals surface area contributed by atoms with Gasteiger partial charge in [-0.15, -0.1) is 0 Å². The van der Waals surface area contributed by atoms with Gasteiger partial charge in [0.25, 0.3) is 0 Å². The first-order valence-electron chi connectivity index (χ1n) is 5.45. The first-order valence-corrected chi connectivity index (χ1v) is 5.45. The number of benzene rings is 1. The molecule has 0 unspecified atom stereocenters. The number of hydrogen-bond acceptors (Lipinski definition) is 2. The summed E-state index contributed by atoms with van der Waals surface area (Å²) in [6.07, 6.45) is 2.27. The molecule has 2 rings (SSSR count). The molecule has 2 aromatic rings. The van der Waals surface area contributed by atoms with E-state index in [9.17, 15) is 4.79 Å². The molecule has 1 aromatic heterocycles. The van der Waals surface area contributed by atoms with Crippen LogP contribution in [0.15, 0.2) is 18.3 Å². The van der Waals surface area contributed by atoms with Gasteiger partial charge in [0.2, 0.25) is 0 Å². The molecule has 1 heterocycles. The molecule has 0 aliphatic rings. The Morgan fingerprint density at radius 3 is 2.88 bits per heavy atom. The number of nitrogens with two attached hydrogens (primary N) is 1. The number of nitrogens with one attached hydrogen (secondary N) is 1. The van der Waals surface area contributed by atoms with E-state index in [1.807, 2.05) is 25.3 Å². The minimum absolute atomic E-state index is 0.109. The molecule has 3 nitrogen and oxygen atoms in total. The fourth-order valence-corrected chi connectivity index (χ4v) is 2.00. The van der Waals surface area contributed by atoms with Gasteiger partial charge in [0.1, 0.15) is 0 Å². The minimum atomic E-state index is 0.109. The molecule has 1 aromatic carbocycles. The van der Waals surface area contributed by atoms with Gasteiger partial charge in [-0.25, -0.2) is 0 Å². The van der Waals surface area contributed by atoms with E-state index >= 15 is 0 Å². The van der Waals surface area contributed by atoms with Crippen molar-refractivity contribution in [2.75, 3.05) is 6.54 Å². The van der Waals surface area contributed by atoms with Gasteiger partial charge in [-0.05, 0) is 43.7 Å². The average molecular weight is 216 g/mol. The van der Waals surface area contributed by atoms with E-state index < -0.39 is 0 Å². The third-order valence-corrected chi connectivity index (χ3v) is 3.04. The summed E-state index contributed by atoms with van der Waals surface area (Å²) < 4.78 is 0. The van der Waals surface area contributed by atoms with Crippen LogP contribution >= 0.6 is 0 Å². The zero-order chi connectivity index (χ0) is 11.7. The summed E-state index contributed by atoms with van der Waals surface area (Å²) in [7, 11) is 0. The van der Waals surface area contributed by atoms with Crippen molar-refractivity contribution in [3.63, 3.8) is 0 Å². The molecule has 0 atom stereocenters. The topological polar surface area (TPSA) is 58.9 Å². The van der Waals surface area contributed by atoms with Gasteiger partial charge < -0.3 is 10.7 Å². The van der Waals surface area contributed by atoms with Crippen molar-refractivity contribution < 1.29 is 4.79 Å². The maximum Gasteiger partial charge on any atom is 0.166 e. The van der Waals surface area contributed by atoms with Crippen LogP contribution < -0.4 is 5.73 Å². The lowest BCUT2D eigenvalue weighted by Crippen LogP contribution is -2.09. The molecule has 0 amide bonds. The Balaban J connectivity index is 2.65. The fraction of sp³-hybridized carbons (Fsp3) is 0.308. The number of aryl methyl sites for hydroxylation is 2. The van der Waals surface area contributed by atoms with Crippen molar-refractivity contribution in [3.8, 4) is 0 Å². The van der Waals surface area contributed by atoms with Gasteiger partial charge in [0.05, 0.1) is 5.52 Å². The number of rotatable bonds is 3. The van der Waals surface area contributed by atoms with Crippen molar-refractivity contribution in [2.24, 2.45) is 5.73 Å². The van der Waals surface area contributed by atoms with Crippen LogP contribution in [0.1, 0.15) is 27.9 Å². The van der Waals surface area contributed by atoms with Gasteiger partial charge in [-0.2, -0.15) is 0 Å². The number of ketones is 1. The molecule has 0 aliphatic heterocycles. The van der Waals surface area contributed by atoms with Gasteiger partial charge in [-0.3, -0.25) is 4.79 Å². The van der Waals surface area contributed by atoms with E-state index in [0.717, 1.165) is 22.0 Å². The highest BCUT2D eigenvalue weighted by Crippen LogP contribution is 2.25. The third-order valence-electron chi connectivity index (χ3n) is 3.04. The van der Waals surface area contributed by atoms with Crippen molar-refractivity contribution in [1.29, 1.82) is 0 Å². The van der Waals surface area contributed by atoms with Crippen LogP contribution in [-0.2, 0) is 0 Å². The molecule has 84 valence electrons. The second-order valence-electron chi connectivity index (χ2n) is 4.09. The average Bonchev–Trinajstić information content (AvgIpc) is 2.72.